The molecule has 8 heteroatoms. The zero-order valence-electron chi connectivity index (χ0n) is 14.2. The maximum atomic E-state index is 12.3. The standard InChI is InChI=1S/C19H17NO7/c21-18(13-3-1-2-4-14(13)20(23)24)17-12(9-25-19(17)22)7-11-5-6-15-16(8-11)27-10-26-15/h1-6,8,12,17-18,21H,7,9-10H2/t12-,17-,18+/m0/s1. The van der Waals surface area contributed by atoms with Crippen molar-refractivity contribution in [2.75, 3.05) is 13.4 Å². The summed E-state index contributed by atoms with van der Waals surface area (Å²) in [5, 5.41) is 22.0. The fraction of sp³-hybridized carbons (Fsp3) is 0.316. The number of ether oxygens (including phenoxy) is 3. The number of aliphatic hydroxyl groups is 1. The average molecular weight is 371 g/mol. The first-order valence-electron chi connectivity index (χ1n) is 8.51. The van der Waals surface area contributed by atoms with E-state index < -0.39 is 22.9 Å². The van der Waals surface area contributed by atoms with Crippen LogP contribution in [0.25, 0.3) is 0 Å². The molecule has 0 bridgehead atoms. The molecule has 4 rings (SSSR count). The minimum absolute atomic E-state index is 0.113. The molecule has 0 unspecified atom stereocenters. The van der Waals surface area contributed by atoms with Crippen LogP contribution in [0, 0.1) is 22.0 Å². The largest absolute Gasteiger partial charge is 0.465 e. The molecule has 0 radical (unpaired) electrons. The molecule has 0 saturated carbocycles. The van der Waals surface area contributed by atoms with E-state index in [2.05, 4.69) is 0 Å². The fourth-order valence-electron chi connectivity index (χ4n) is 3.62. The Bertz CT molecular complexity index is 897. The van der Waals surface area contributed by atoms with Crippen LogP contribution in [0.3, 0.4) is 0 Å². The van der Waals surface area contributed by atoms with Crippen molar-refractivity contribution in [3.63, 3.8) is 0 Å². The van der Waals surface area contributed by atoms with E-state index >= 15 is 0 Å². The van der Waals surface area contributed by atoms with E-state index in [-0.39, 0.29) is 30.6 Å². The van der Waals surface area contributed by atoms with Crippen LogP contribution >= 0.6 is 0 Å². The van der Waals surface area contributed by atoms with Crippen LogP contribution in [-0.2, 0) is 16.0 Å². The Hall–Kier alpha value is -3.13. The molecule has 2 aliphatic heterocycles. The van der Waals surface area contributed by atoms with Crippen LogP contribution in [0.1, 0.15) is 17.2 Å². The van der Waals surface area contributed by atoms with Gasteiger partial charge in [0, 0.05) is 12.0 Å². The number of para-hydroxylation sites is 1. The van der Waals surface area contributed by atoms with E-state index in [9.17, 15) is 20.0 Å². The number of aliphatic hydroxyl groups excluding tert-OH is 1. The number of fused-ring (bicyclic) bond motifs is 1. The molecule has 27 heavy (non-hydrogen) atoms. The summed E-state index contributed by atoms with van der Waals surface area (Å²) in [5.74, 6) is -0.446. The average Bonchev–Trinajstić information content (AvgIpc) is 3.27. The second-order valence-electron chi connectivity index (χ2n) is 6.57. The Morgan fingerprint density at radius 1 is 1.15 bits per heavy atom. The third-order valence-electron chi connectivity index (χ3n) is 4.95. The van der Waals surface area contributed by atoms with Gasteiger partial charge < -0.3 is 19.3 Å². The van der Waals surface area contributed by atoms with Gasteiger partial charge in [0.25, 0.3) is 5.69 Å². The second kappa shape index (κ2) is 6.88. The molecule has 2 aromatic carbocycles. The summed E-state index contributed by atoms with van der Waals surface area (Å²) in [4.78, 5) is 23.0. The van der Waals surface area contributed by atoms with Gasteiger partial charge in [-0.15, -0.1) is 0 Å². The minimum atomic E-state index is -1.32. The Balaban J connectivity index is 1.59. The first kappa shape index (κ1) is 17.3. The van der Waals surface area contributed by atoms with Gasteiger partial charge in [0.15, 0.2) is 11.5 Å². The summed E-state index contributed by atoms with van der Waals surface area (Å²) in [6, 6.07) is 11.4. The first-order chi connectivity index (χ1) is 13.0. The number of carbonyl (C=O) groups is 1. The molecule has 1 fully saturated rings. The molecule has 2 aliphatic rings. The van der Waals surface area contributed by atoms with Crippen LogP contribution in [0.15, 0.2) is 42.5 Å². The number of rotatable bonds is 5. The molecule has 1 saturated heterocycles. The first-order valence-corrected chi connectivity index (χ1v) is 8.51. The number of hydrogen-bond acceptors (Lipinski definition) is 7. The highest BCUT2D eigenvalue weighted by Crippen LogP contribution is 2.40. The van der Waals surface area contributed by atoms with E-state index in [0.717, 1.165) is 5.56 Å². The van der Waals surface area contributed by atoms with Crippen LogP contribution in [0.4, 0.5) is 5.69 Å². The lowest BCUT2D eigenvalue weighted by molar-refractivity contribution is -0.386. The number of cyclic esters (lactones) is 1. The van der Waals surface area contributed by atoms with Crippen LogP contribution in [0.2, 0.25) is 0 Å². The van der Waals surface area contributed by atoms with E-state index in [0.29, 0.717) is 17.9 Å². The Morgan fingerprint density at radius 2 is 1.93 bits per heavy atom. The summed E-state index contributed by atoms with van der Waals surface area (Å²) >= 11 is 0. The number of benzene rings is 2. The van der Waals surface area contributed by atoms with Gasteiger partial charge in [-0.3, -0.25) is 14.9 Å². The number of hydrogen-bond donors (Lipinski definition) is 1. The highest BCUT2D eigenvalue weighted by Gasteiger charge is 2.44. The normalized spacial score (nSPS) is 21.7. The molecule has 140 valence electrons. The van der Waals surface area contributed by atoms with Crippen molar-refractivity contribution in [1.29, 1.82) is 0 Å². The van der Waals surface area contributed by atoms with Crippen molar-refractivity contribution in [2.45, 2.75) is 12.5 Å². The lowest BCUT2D eigenvalue weighted by Crippen LogP contribution is -2.26. The summed E-state index contributed by atoms with van der Waals surface area (Å²) in [5.41, 5.74) is 0.802. The molecule has 0 spiro atoms. The Labute approximate surface area is 154 Å². The zero-order chi connectivity index (χ0) is 19.0. The topological polar surface area (TPSA) is 108 Å². The lowest BCUT2D eigenvalue weighted by atomic mass is 9.82. The molecule has 3 atom stereocenters. The van der Waals surface area contributed by atoms with Gasteiger partial charge >= 0.3 is 5.97 Å². The van der Waals surface area contributed by atoms with E-state index in [1.807, 2.05) is 12.1 Å². The lowest BCUT2D eigenvalue weighted by Gasteiger charge is -2.21. The van der Waals surface area contributed by atoms with Crippen molar-refractivity contribution < 1.29 is 29.0 Å². The number of esters is 1. The molecular formula is C19H17NO7. The van der Waals surface area contributed by atoms with Gasteiger partial charge in [-0.1, -0.05) is 18.2 Å². The van der Waals surface area contributed by atoms with Crippen molar-refractivity contribution in [1.82, 2.24) is 0 Å². The summed E-state index contributed by atoms with van der Waals surface area (Å²) < 4.78 is 15.8. The Kier molecular flexibility index (Phi) is 4.41. The summed E-state index contributed by atoms with van der Waals surface area (Å²) in [6.07, 6.45) is -0.856. The van der Waals surface area contributed by atoms with E-state index in [1.165, 1.54) is 18.2 Å². The van der Waals surface area contributed by atoms with Gasteiger partial charge in [-0.2, -0.15) is 0 Å². The SMILES string of the molecule is O=C1OC[C@H](Cc2ccc3c(c2)OCO3)[C@H]1[C@H](O)c1ccccc1[N+](=O)[O-]. The third kappa shape index (κ3) is 3.19. The summed E-state index contributed by atoms with van der Waals surface area (Å²) in [6.45, 7) is 0.318. The summed E-state index contributed by atoms with van der Waals surface area (Å²) in [7, 11) is 0. The van der Waals surface area contributed by atoms with Gasteiger partial charge in [-0.25, -0.2) is 0 Å². The number of carbonyl (C=O) groups excluding carboxylic acids is 1. The zero-order valence-corrected chi connectivity index (χ0v) is 14.2. The molecule has 0 aliphatic carbocycles. The van der Waals surface area contributed by atoms with Crippen LogP contribution < -0.4 is 9.47 Å². The fourth-order valence-corrected chi connectivity index (χ4v) is 3.62. The third-order valence-corrected chi connectivity index (χ3v) is 4.95. The highest BCUT2D eigenvalue weighted by molar-refractivity contribution is 5.76. The minimum Gasteiger partial charge on any atom is -0.465 e. The van der Waals surface area contributed by atoms with Gasteiger partial charge in [0.2, 0.25) is 6.79 Å². The maximum Gasteiger partial charge on any atom is 0.312 e. The van der Waals surface area contributed by atoms with E-state index in [1.54, 1.807) is 12.1 Å². The predicted molar refractivity (Wildman–Crippen MR) is 92.3 cm³/mol. The van der Waals surface area contributed by atoms with Gasteiger partial charge in [0.05, 0.1) is 29.1 Å². The van der Waals surface area contributed by atoms with Crippen LogP contribution in [-0.4, -0.2) is 29.4 Å². The van der Waals surface area contributed by atoms with Crippen molar-refractivity contribution in [2.24, 2.45) is 11.8 Å². The molecule has 2 aromatic rings. The van der Waals surface area contributed by atoms with E-state index in [4.69, 9.17) is 14.2 Å². The van der Waals surface area contributed by atoms with Crippen LogP contribution in [0.5, 0.6) is 11.5 Å². The van der Waals surface area contributed by atoms with Crippen molar-refractivity contribution in [3.05, 3.63) is 63.7 Å². The maximum absolute atomic E-state index is 12.3. The second-order valence-corrected chi connectivity index (χ2v) is 6.57. The quantitative estimate of drug-likeness (QED) is 0.488. The molecule has 1 N–H and O–H groups in total. The van der Waals surface area contributed by atoms with Gasteiger partial charge in [0.1, 0.15) is 0 Å². The smallest absolute Gasteiger partial charge is 0.312 e. The molecule has 0 aromatic heterocycles. The highest BCUT2D eigenvalue weighted by atomic mass is 16.7. The molecular weight excluding hydrogens is 354 g/mol. The van der Waals surface area contributed by atoms with Crippen molar-refractivity contribution >= 4 is 11.7 Å². The Morgan fingerprint density at radius 3 is 2.74 bits per heavy atom. The van der Waals surface area contributed by atoms with Gasteiger partial charge in [-0.05, 0) is 30.2 Å². The van der Waals surface area contributed by atoms with Crippen molar-refractivity contribution in [3.8, 4) is 11.5 Å². The number of nitro benzene ring substituents is 1. The number of nitrogens with zero attached hydrogens (tertiary/aromatic N) is 1. The molecule has 2 heterocycles. The monoisotopic (exact) mass is 371 g/mol. The molecule has 8 nitrogen and oxygen atoms in total. The predicted octanol–water partition coefficient (Wildman–Crippen LogP) is 2.39. The molecule has 0 amide bonds. The number of nitro groups is 1.